The molecule has 0 aromatic carbocycles. The zero-order chi connectivity index (χ0) is 10.2. The van der Waals surface area contributed by atoms with Crippen LogP contribution in [0.1, 0.15) is 48.0 Å². The third kappa shape index (κ3) is 2.04. The van der Waals surface area contributed by atoms with Crippen LogP contribution in [-0.4, -0.2) is 0 Å². The second-order valence-corrected chi connectivity index (χ2v) is 5.02. The van der Waals surface area contributed by atoms with Crippen molar-refractivity contribution in [3.63, 3.8) is 0 Å². The molecule has 0 spiro atoms. The van der Waals surface area contributed by atoms with Crippen molar-refractivity contribution in [2.45, 2.75) is 48.0 Å². The van der Waals surface area contributed by atoms with E-state index in [4.69, 9.17) is 0 Å². The molecule has 0 heteroatoms. The molecule has 1 unspecified atom stereocenters. The third-order valence-corrected chi connectivity index (χ3v) is 3.65. The summed E-state index contributed by atoms with van der Waals surface area (Å²) in [5.74, 6) is 0.836. The molecular formula is C13H22. The Bertz CT molecular complexity index is 264. The monoisotopic (exact) mass is 178 g/mol. The zero-order valence-corrected chi connectivity index (χ0v) is 9.86. The third-order valence-electron chi connectivity index (χ3n) is 3.65. The molecule has 1 fully saturated rings. The van der Waals surface area contributed by atoms with E-state index in [0.717, 1.165) is 5.92 Å². The van der Waals surface area contributed by atoms with Crippen LogP contribution in [0.25, 0.3) is 0 Å². The summed E-state index contributed by atoms with van der Waals surface area (Å²) in [5.41, 5.74) is 5.10. The minimum atomic E-state index is 0.569. The first-order valence-corrected chi connectivity index (χ1v) is 5.21. The molecule has 0 aromatic heterocycles. The molecule has 0 saturated heterocycles. The Balaban J connectivity index is 2.83. The van der Waals surface area contributed by atoms with Crippen LogP contribution in [0.15, 0.2) is 22.8 Å². The number of hydrogen-bond donors (Lipinski definition) is 0. The topological polar surface area (TPSA) is 0 Å². The molecule has 1 rings (SSSR count). The van der Waals surface area contributed by atoms with E-state index in [1.165, 1.54) is 17.6 Å². The lowest BCUT2D eigenvalue weighted by atomic mass is 9.96. The summed E-state index contributed by atoms with van der Waals surface area (Å²) in [6.07, 6.45) is 3.57. The van der Waals surface area contributed by atoms with Crippen LogP contribution in [0.2, 0.25) is 0 Å². The molecule has 1 atom stereocenters. The van der Waals surface area contributed by atoms with Crippen LogP contribution in [0.4, 0.5) is 0 Å². The molecular weight excluding hydrogens is 156 g/mol. The molecule has 0 aromatic rings. The predicted molar refractivity (Wildman–Crippen MR) is 59.7 cm³/mol. The van der Waals surface area contributed by atoms with E-state index in [-0.39, 0.29) is 0 Å². The van der Waals surface area contributed by atoms with E-state index in [1.807, 2.05) is 0 Å². The minimum absolute atomic E-state index is 0.569. The van der Waals surface area contributed by atoms with Crippen molar-refractivity contribution in [2.24, 2.45) is 11.3 Å². The van der Waals surface area contributed by atoms with Crippen LogP contribution in [0, 0.1) is 11.3 Å². The fraction of sp³-hybridized carbons (Fsp3) is 0.692. The summed E-state index contributed by atoms with van der Waals surface area (Å²) in [4.78, 5) is 0. The Hall–Kier alpha value is -0.520. The van der Waals surface area contributed by atoms with Crippen LogP contribution in [0.5, 0.6) is 0 Å². The van der Waals surface area contributed by atoms with Gasteiger partial charge in [-0.25, -0.2) is 0 Å². The van der Waals surface area contributed by atoms with E-state index in [2.05, 4.69) is 47.6 Å². The van der Waals surface area contributed by atoms with Crippen LogP contribution < -0.4 is 0 Å². The summed E-state index contributed by atoms with van der Waals surface area (Å²) in [6, 6.07) is 0. The Morgan fingerprint density at radius 2 is 1.69 bits per heavy atom. The van der Waals surface area contributed by atoms with Gasteiger partial charge in [0.15, 0.2) is 0 Å². The lowest BCUT2D eigenvalue weighted by Crippen LogP contribution is -1.95. The van der Waals surface area contributed by atoms with E-state index in [1.54, 1.807) is 5.57 Å². The van der Waals surface area contributed by atoms with Crippen molar-refractivity contribution >= 4 is 0 Å². The molecule has 0 aliphatic heterocycles. The van der Waals surface area contributed by atoms with Gasteiger partial charge in [0.05, 0.1) is 0 Å². The van der Waals surface area contributed by atoms with Gasteiger partial charge in [-0.15, -0.1) is 0 Å². The summed E-state index contributed by atoms with van der Waals surface area (Å²) in [5, 5.41) is 0. The highest BCUT2D eigenvalue weighted by Gasteiger charge is 2.46. The number of allylic oxidation sites excluding steroid dienone is 4. The van der Waals surface area contributed by atoms with Crippen molar-refractivity contribution in [1.82, 2.24) is 0 Å². The van der Waals surface area contributed by atoms with Crippen molar-refractivity contribution < 1.29 is 0 Å². The molecule has 0 N–H and O–H groups in total. The second-order valence-electron chi connectivity index (χ2n) is 5.02. The van der Waals surface area contributed by atoms with Gasteiger partial charge in [0.1, 0.15) is 0 Å². The molecule has 74 valence electrons. The maximum atomic E-state index is 2.36. The summed E-state index contributed by atoms with van der Waals surface area (Å²) in [7, 11) is 0. The molecule has 0 bridgehead atoms. The maximum absolute atomic E-state index is 2.36. The fourth-order valence-electron chi connectivity index (χ4n) is 2.00. The SMILES string of the molecule is C/C=C(C)\C(C)=C(/C)C1CC1(C)C. The lowest BCUT2D eigenvalue weighted by molar-refractivity contribution is 0.595. The molecule has 1 saturated carbocycles. The van der Waals surface area contributed by atoms with Gasteiger partial charge in [-0.1, -0.05) is 31.1 Å². The quantitative estimate of drug-likeness (QED) is 0.552. The summed E-state index contributed by atoms with van der Waals surface area (Å²) in [6.45, 7) is 13.6. The predicted octanol–water partition coefficient (Wildman–Crippen LogP) is 4.34. The minimum Gasteiger partial charge on any atom is -0.0845 e. The molecule has 0 nitrogen and oxygen atoms in total. The Morgan fingerprint density at radius 3 is 2.00 bits per heavy atom. The number of hydrogen-bond acceptors (Lipinski definition) is 0. The Labute approximate surface area is 82.7 Å². The first-order valence-electron chi connectivity index (χ1n) is 5.21. The average molecular weight is 178 g/mol. The second kappa shape index (κ2) is 3.32. The zero-order valence-electron chi connectivity index (χ0n) is 9.86. The first-order chi connectivity index (χ1) is 5.90. The lowest BCUT2D eigenvalue weighted by Gasteiger charge is -2.09. The highest BCUT2D eigenvalue weighted by atomic mass is 14.5. The highest BCUT2D eigenvalue weighted by Crippen LogP contribution is 2.56. The normalized spacial score (nSPS) is 28.5. The Kier molecular flexibility index (Phi) is 2.70. The van der Waals surface area contributed by atoms with Gasteiger partial charge < -0.3 is 0 Å². The molecule has 0 radical (unpaired) electrons. The van der Waals surface area contributed by atoms with E-state index >= 15 is 0 Å². The van der Waals surface area contributed by atoms with Crippen molar-refractivity contribution in [3.8, 4) is 0 Å². The standard InChI is InChI=1S/C13H22/c1-7-9(2)10(3)11(4)12-8-13(12,5)6/h7,12H,8H2,1-6H3/b9-7-,11-10+. The van der Waals surface area contributed by atoms with Crippen LogP contribution in [-0.2, 0) is 0 Å². The first kappa shape index (κ1) is 10.6. The average Bonchev–Trinajstić information content (AvgIpc) is 2.71. The maximum Gasteiger partial charge on any atom is -0.0143 e. The summed E-state index contributed by atoms with van der Waals surface area (Å²) >= 11 is 0. The highest BCUT2D eigenvalue weighted by molar-refractivity contribution is 5.35. The molecule has 1 aliphatic carbocycles. The molecule has 0 heterocycles. The number of rotatable bonds is 2. The van der Waals surface area contributed by atoms with Gasteiger partial charge in [-0.2, -0.15) is 0 Å². The van der Waals surface area contributed by atoms with Gasteiger partial charge >= 0.3 is 0 Å². The Morgan fingerprint density at radius 1 is 1.23 bits per heavy atom. The van der Waals surface area contributed by atoms with Crippen molar-refractivity contribution in [1.29, 1.82) is 0 Å². The molecule has 1 aliphatic rings. The largest absolute Gasteiger partial charge is 0.0845 e. The van der Waals surface area contributed by atoms with Gasteiger partial charge in [-0.3, -0.25) is 0 Å². The summed E-state index contributed by atoms with van der Waals surface area (Å²) < 4.78 is 0. The fourth-order valence-corrected chi connectivity index (χ4v) is 2.00. The van der Waals surface area contributed by atoms with Gasteiger partial charge in [-0.05, 0) is 51.0 Å². The van der Waals surface area contributed by atoms with Gasteiger partial charge in [0, 0.05) is 0 Å². The van der Waals surface area contributed by atoms with E-state index in [9.17, 15) is 0 Å². The van der Waals surface area contributed by atoms with Gasteiger partial charge in [0.25, 0.3) is 0 Å². The van der Waals surface area contributed by atoms with Crippen LogP contribution >= 0.6 is 0 Å². The molecule has 13 heavy (non-hydrogen) atoms. The van der Waals surface area contributed by atoms with Gasteiger partial charge in [0.2, 0.25) is 0 Å². The molecule has 0 amide bonds. The smallest absolute Gasteiger partial charge is 0.0143 e. The van der Waals surface area contributed by atoms with Crippen molar-refractivity contribution in [2.75, 3.05) is 0 Å². The van der Waals surface area contributed by atoms with Crippen molar-refractivity contribution in [3.05, 3.63) is 22.8 Å². The van der Waals surface area contributed by atoms with E-state index in [0.29, 0.717) is 5.41 Å². The van der Waals surface area contributed by atoms with E-state index < -0.39 is 0 Å². The van der Waals surface area contributed by atoms with Crippen LogP contribution in [0.3, 0.4) is 0 Å².